The number of sulfonamides is 1. The Kier molecular flexibility index (Phi) is 6.70. The number of carboxylic acid groups (broad SMARTS) is 2. The quantitative estimate of drug-likeness (QED) is 0.670. The van der Waals surface area contributed by atoms with Gasteiger partial charge in [0, 0.05) is 13.1 Å². The number of carbonyl (C=O) groups is 2. The molecule has 9 nitrogen and oxygen atoms in total. The minimum Gasteiger partial charge on any atom is -0.489 e. The van der Waals surface area contributed by atoms with E-state index >= 15 is 0 Å². The summed E-state index contributed by atoms with van der Waals surface area (Å²) in [5, 5.41) is 18.8. The molecule has 32 heavy (non-hydrogen) atoms. The van der Waals surface area contributed by atoms with Crippen molar-refractivity contribution in [1.82, 2.24) is 9.21 Å². The fraction of sp³-hybridized carbons (Fsp3) is 0.333. The first-order chi connectivity index (χ1) is 15.0. The second kappa shape index (κ2) is 9.13. The average molecular weight is 466 g/mol. The van der Waals surface area contributed by atoms with Crippen molar-refractivity contribution in [3.8, 4) is 5.75 Å². The number of rotatable bonds is 6. The van der Waals surface area contributed by atoms with Crippen molar-refractivity contribution in [1.29, 1.82) is 0 Å². The minimum atomic E-state index is -4.21. The number of amides is 1. The molecule has 2 aromatic rings. The molecule has 1 heterocycles. The Labute approximate surface area is 184 Å². The van der Waals surface area contributed by atoms with Crippen LogP contribution in [0.15, 0.2) is 47.4 Å². The molecule has 0 radical (unpaired) electrons. The summed E-state index contributed by atoms with van der Waals surface area (Å²) in [4.78, 5) is 23.9. The number of halogens is 1. The molecule has 2 unspecified atom stereocenters. The van der Waals surface area contributed by atoms with Crippen LogP contribution in [-0.2, 0) is 21.4 Å². The van der Waals surface area contributed by atoms with Crippen molar-refractivity contribution in [2.45, 2.75) is 37.4 Å². The van der Waals surface area contributed by atoms with Gasteiger partial charge >= 0.3 is 12.1 Å². The summed E-state index contributed by atoms with van der Waals surface area (Å²) in [6.07, 6.45) is -1.31. The average Bonchev–Trinajstić information content (AvgIpc) is 2.73. The van der Waals surface area contributed by atoms with Gasteiger partial charge in [0.05, 0.1) is 10.9 Å². The number of aryl methyl sites for hydroxylation is 1. The smallest absolute Gasteiger partial charge is 0.407 e. The van der Waals surface area contributed by atoms with E-state index in [1.165, 1.54) is 43.3 Å². The molecule has 1 aliphatic rings. The van der Waals surface area contributed by atoms with Gasteiger partial charge in [-0.25, -0.2) is 17.6 Å². The molecule has 2 atom stereocenters. The summed E-state index contributed by atoms with van der Waals surface area (Å²) in [7, 11) is -4.21. The highest BCUT2D eigenvalue weighted by Crippen LogP contribution is 2.27. The van der Waals surface area contributed by atoms with E-state index in [0.717, 1.165) is 14.8 Å². The van der Waals surface area contributed by atoms with Crippen molar-refractivity contribution in [3.63, 3.8) is 0 Å². The maximum Gasteiger partial charge on any atom is 0.407 e. The number of benzene rings is 2. The zero-order chi connectivity index (χ0) is 23.6. The zero-order valence-electron chi connectivity index (χ0n) is 17.4. The van der Waals surface area contributed by atoms with Crippen LogP contribution in [0.3, 0.4) is 0 Å². The second-order valence-corrected chi connectivity index (χ2v) is 9.34. The first-order valence-electron chi connectivity index (χ1n) is 9.74. The van der Waals surface area contributed by atoms with Crippen LogP contribution < -0.4 is 4.74 Å². The third-order valence-corrected chi connectivity index (χ3v) is 7.35. The monoisotopic (exact) mass is 466 g/mol. The summed E-state index contributed by atoms with van der Waals surface area (Å²) < 4.78 is 46.1. The number of ether oxygens (including phenoxy) is 1. The number of aliphatic carboxylic acids is 1. The van der Waals surface area contributed by atoms with Crippen LogP contribution in [0, 0.1) is 12.7 Å². The van der Waals surface area contributed by atoms with E-state index in [-0.39, 0.29) is 30.4 Å². The van der Waals surface area contributed by atoms with E-state index in [2.05, 4.69) is 0 Å². The molecule has 2 N–H and O–H groups in total. The van der Waals surface area contributed by atoms with Crippen molar-refractivity contribution in [2.75, 3.05) is 13.1 Å². The lowest BCUT2D eigenvalue weighted by atomic mass is 10.1. The Morgan fingerprint density at radius 2 is 1.78 bits per heavy atom. The van der Waals surface area contributed by atoms with Gasteiger partial charge in [-0.05, 0) is 61.4 Å². The van der Waals surface area contributed by atoms with Gasteiger partial charge in [0.2, 0.25) is 10.0 Å². The van der Waals surface area contributed by atoms with Crippen LogP contribution in [-0.4, -0.2) is 65.1 Å². The maximum absolute atomic E-state index is 13.4. The molecular formula is C21H23FN2O7S. The maximum atomic E-state index is 13.4. The summed E-state index contributed by atoms with van der Waals surface area (Å²) in [6.45, 7) is 2.84. The van der Waals surface area contributed by atoms with Crippen molar-refractivity contribution < 1.29 is 37.3 Å². The third kappa shape index (κ3) is 4.68. The van der Waals surface area contributed by atoms with Crippen LogP contribution in [0.4, 0.5) is 9.18 Å². The first-order valence-corrected chi connectivity index (χ1v) is 11.2. The Morgan fingerprint density at radius 3 is 2.38 bits per heavy atom. The Morgan fingerprint density at radius 1 is 1.12 bits per heavy atom. The zero-order valence-corrected chi connectivity index (χ0v) is 18.3. The largest absolute Gasteiger partial charge is 0.489 e. The van der Waals surface area contributed by atoms with Crippen LogP contribution in [0.25, 0.3) is 0 Å². The molecule has 1 saturated heterocycles. The van der Waals surface area contributed by atoms with Crippen LogP contribution in [0.2, 0.25) is 0 Å². The molecule has 172 valence electrons. The molecule has 1 fully saturated rings. The number of nitrogens with zero attached hydrogens (tertiary/aromatic N) is 2. The molecule has 0 bridgehead atoms. The number of piperazine rings is 1. The number of hydrogen-bond donors (Lipinski definition) is 2. The van der Waals surface area contributed by atoms with Gasteiger partial charge in [-0.3, -0.25) is 4.79 Å². The Balaban J connectivity index is 1.79. The van der Waals surface area contributed by atoms with Gasteiger partial charge in [-0.1, -0.05) is 6.07 Å². The normalized spacial score (nSPS) is 19.5. The summed E-state index contributed by atoms with van der Waals surface area (Å²) in [5.41, 5.74) is 1.50. The third-order valence-electron chi connectivity index (χ3n) is 5.45. The topological polar surface area (TPSA) is 124 Å². The van der Waals surface area contributed by atoms with E-state index in [1.807, 2.05) is 6.92 Å². The van der Waals surface area contributed by atoms with Gasteiger partial charge < -0.3 is 19.8 Å². The fourth-order valence-corrected chi connectivity index (χ4v) is 5.27. The molecule has 11 heteroatoms. The highest BCUT2D eigenvalue weighted by Gasteiger charge is 2.46. The van der Waals surface area contributed by atoms with E-state index in [4.69, 9.17) is 4.74 Å². The van der Waals surface area contributed by atoms with Gasteiger partial charge in [0.15, 0.2) is 0 Å². The van der Waals surface area contributed by atoms with E-state index < -0.39 is 34.2 Å². The van der Waals surface area contributed by atoms with Crippen molar-refractivity contribution >= 4 is 22.1 Å². The predicted octanol–water partition coefficient (Wildman–Crippen LogP) is 2.54. The van der Waals surface area contributed by atoms with E-state index in [1.54, 1.807) is 6.07 Å². The Bertz CT molecular complexity index is 1120. The highest BCUT2D eigenvalue weighted by molar-refractivity contribution is 7.89. The van der Waals surface area contributed by atoms with Gasteiger partial charge in [0.1, 0.15) is 24.2 Å². The summed E-state index contributed by atoms with van der Waals surface area (Å²) in [5.74, 6) is -1.47. The Hall–Kier alpha value is -3.18. The van der Waals surface area contributed by atoms with Gasteiger partial charge in [-0.2, -0.15) is 4.31 Å². The molecule has 0 aromatic heterocycles. The minimum absolute atomic E-state index is 0.0887. The van der Waals surface area contributed by atoms with Gasteiger partial charge in [0.25, 0.3) is 0 Å². The van der Waals surface area contributed by atoms with E-state index in [0.29, 0.717) is 11.3 Å². The lowest BCUT2D eigenvalue weighted by Crippen LogP contribution is -2.63. The van der Waals surface area contributed by atoms with Crippen LogP contribution in [0.1, 0.15) is 18.1 Å². The van der Waals surface area contributed by atoms with Crippen molar-refractivity contribution in [2.24, 2.45) is 0 Å². The van der Waals surface area contributed by atoms with Crippen LogP contribution in [0.5, 0.6) is 5.75 Å². The second-order valence-electron chi connectivity index (χ2n) is 7.45. The van der Waals surface area contributed by atoms with Crippen LogP contribution >= 0.6 is 0 Å². The SMILES string of the molecule is Cc1ccc(F)cc1COc1ccc(S(=O)(=O)N2CCN(C(=O)O)C(C)C2C(=O)O)cc1. The summed E-state index contributed by atoms with van der Waals surface area (Å²) >= 11 is 0. The molecule has 0 saturated carbocycles. The molecule has 1 amide bonds. The number of carboxylic acids is 1. The lowest BCUT2D eigenvalue weighted by molar-refractivity contribution is -0.144. The van der Waals surface area contributed by atoms with E-state index in [9.17, 15) is 32.6 Å². The molecule has 0 aliphatic carbocycles. The molecule has 0 spiro atoms. The highest BCUT2D eigenvalue weighted by atomic mass is 32.2. The summed E-state index contributed by atoms with van der Waals surface area (Å²) in [6, 6.07) is 7.14. The fourth-order valence-electron chi connectivity index (χ4n) is 3.63. The molecule has 1 aliphatic heterocycles. The molecule has 3 rings (SSSR count). The molecular weight excluding hydrogens is 443 g/mol. The van der Waals surface area contributed by atoms with Crippen molar-refractivity contribution in [3.05, 3.63) is 59.4 Å². The standard InChI is InChI=1S/C21H23FN2O7S/c1-13-3-4-16(22)11-15(13)12-31-17-5-7-18(8-6-17)32(29,30)24-10-9-23(21(27)28)14(2)19(24)20(25)26/h3-8,11,14,19H,9-10,12H2,1-2H3,(H,25,26)(H,27,28). The first kappa shape index (κ1) is 23.5. The predicted molar refractivity (Wildman–Crippen MR) is 111 cm³/mol. The van der Waals surface area contributed by atoms with Gasteiger partial charge in [-0.15, -0.1) is 0 Å². The number of hydrogen-bond acceptors (Lipinski definition) is 5. The lowest BCUT2D eigenvalue weighted by Gasteiger charge is -2.42. The molecule has 2 aromatic carbocycles.